The first-order valence-corrected chi connectivity index (χ1v) is 6.60. The molecule has 0 spiro atoms. The van der Waals surface area contributed by atoms with Crippen LogP contribution in [0.2, 0.25) is 0 Å². The molecule has 0 aliphatic rings. The largest absolute Gasteiger partial charge is 0.332 e. The van der Waals surface area contributed by atoms with Crippen LogP contribution in [0.1, 0.15) is 31.0 Å². The summed E-state index contributed by atoms with van der Waals surface area (Å²) in [5, 5.41) is 11.2. The Morgan fingerprint density at radius 3 is 2.55 bits per heavy atom. The van der Waals surface area contributed by atoms with Crippen LogP contribution >= 0.6 is 0 Å². The summed E-state index contributed by atoms with van der Waals surface area (Å²) in [7, 11) is 0. The fraction of sp³-hybridized carbons (Fsp3) is 0.267. The molecule has 0 aliphatic carbocycles. The molecule has 0 saturated heterocycles. The van der Waals surface area contributed by atoms with Crippen LogP contribution < -0.4 is 0 Å². The molecular weight excluding hydrogens is 252 g/mol. The zero-order valence-corrected chi connectivity index (χ0v) is 11.7. The Balaban J connectivity index is 1.91. The van der Waals surface area contributed by atoms with E-state index >= 15 is 0 Å². The monoisotopic (exact) mass is 268 g/mol. The first-order chi connectivity index (χ1) is 9.63. The maximum Gasteiger partial charge on any atom is 0.278 e. The van der Waals surface area contributed by atoms with E-state index in [2.05, 4.69) is 34.2 Å². The minimum absolute atomic E-state index is 0.385. The summed E-state index contributed by atoms with van der Waals surface area (Å²) in [4.78, 5) is 4.39. The number of aryl methyl sites for hydroxylation is 1. The Labute approximate surface area is 117 Å². The summed E-state index contributed by atoms with van der Waals surface area (Å²) >= 11 is 0. The molecule has 0 aliphatic heterocycles. The normalized spacial score (nSPS) is 11.2. The molecule has 0 atom stereocenters. The lowest BCUT2D eigenvalue weighted by molar-refractivity contribution is 0.431. The molecule has 0 bridgehead atoms. The molecule has 2 heterocycles. The molecule has 3 rings (SSSR count). The molecule has 0 saturated carbocycles. The second-order valence-corrected chi connectivity index (χ2v) is 5.15. The van der Waals surface area contributed by atoms with Crippen molar-refractivity contribution in [3.63, 3.8) is 0 Å². The van der Waals surface area contributed by atoms with Crippen molar-refractivity contribution in [2.45, 2.75) is 26.7 Å². The number of aromatic amines is 1. The number of hydrogen-bond acceptors (Lipinski definition) is 4. The van der Waals surface area contributed by atoms with Gasteiger partial charge in [-0.3, -0.25) is 5.10 Å². The quantitative estimate of drug-likeness (QED) is 0.788. The third kappa shape index (κ3) is 2.34. The highest BCUT2D eigenvalue weighted by molar-refractivity contribution is 5.58. The van der Waals surface area contributed by atoms with Gasteiger partial charge in [-0.1, -0.05) is 48.8 Å². The topological polar surface area (TPSA) is 67.6 Å². The van der Waals surface area contributed by atoms with Crippen molar-refractivity contribution in [3.05, 3.63) is 41.6 Å². The Morgan fingerprint density at radius 2 is 1.90 bits per heavy atom. The van der Waals surface area contributed by atoms with E-state index in [9.17, 15) is 0 Å². The summed E-state index contributed by atoms with van der Waals surface area (Å²) in [6.07, 6.45) is 0. The van der Waals surface area contributed by atoms with Crippen molar-refractivity contribution in [1.29, 1.82) is 0 Å². The van der Waals surface area contributed by atoms with Gasteiger partial charge < -0.3 is 4.52 Å². The molecule has 1 N–H and O–H groups in total. The minimum Gasteiger partial charge on any atom is -0.332 e. The van der Waals surface area contributed by atoms with Crippen molar-refractivity contribution in [2.24, 2.45) is 0 Å². The Morgan fingerprint density at radius 1 is 1.15 bits per heavy atom. The number of nitrogens with one attached hydrogen (secondary N) is 1. The lowest BCUT2D eigenvalue weighted by Gasteiger charge is -1.95. The van der Waals surface area contributed by atoms with Crippen molar-refractivity contribution in [3.8, 4) is 23.0 Å². The molecule has 0 radical (unpaired) electrons. The molecule has 3 aromatic rings. The zero-order valence-electron chi connectivity index (χ0n) is 11.7. The van der Waals surface area contributed by atoms with Gasteiger partial charge >= 0.3 is 0 Å². The lowest BCUT2D eigenvalue weighted by atomic mass is 10.1. The standard InChI is InChI=1S/C15H16N4O/c1-9(2)12-8-13(18-17-12)15-16-14(19-20-15)11-6-4-10(3)5-7-11/h4-9H,1-3H3,(H,17,18). The van der Waals surface area contributed by atoms with Gasteiger partial charge in [-0.15, -0.1) is 0 Å². The van der Waals surface area contributed by atoms with Crippen LogP contribution in [0, 0.1) is 6.92 Å². The highest BCUT2D eigenvalue weighted by Crippen LogP contribution is 2.23. The number of nitrogens with zero attached hydrogens (tertiary/aromatic N) is 3. The van der Waals surface area contributed by atoms with Crippen molar-refractivity contribution in [1.82, 2.24) is 20.3 Å². The van der Waals surface area contributed by atoms with E-state index in [-0.39, 0.29) is 0 Å². The number of benzene rings is 1. The molecule has 2 aromatic heterocycles. The molecule has 1 aromatic carbocycles. The second-order valence-electron chi connectivity index (χ2n) is 5.15. The van der Waals surface area contributed by atoms with E-state index in [1.165, 1.54) is 5.56 Å². The van der Waals surface area contributed by atoms with Crippen LogP contribution in [-0.4, -0.2) is 20.3 Å². The molecule has 5 heteroatoms. The van der Waals surface area contributed by atoms with Gasteiger partial charge in [0.15, 0.2) is 5.69 Å². The van der Waals surface area contributed by atoms with Crippen LogP contribution in [-0.2, 0) is 0 Å². The SMILES string of the molecule is Cc1ccc(-c2noc(-c3cc(C(C)C)[nH]n3)n2)cc1. The summed E-state index contributed by atoms with van der Waals surface area (Å²) in [5.41, 5.74) is 3.87. The van der Waals surface area contributed by atoms with Gasteiger partial charge in [0.25, 0.3) is 5.89 Å². The highest BCUT2D eigenvalue weighted by Gasteiger charge is 2.14. The Hall–Kier alpha value is -2.43. The van der Waals surface area contributed by atoms with E-state index in [0.29, 0.717) is 23.3 Å². The summed E-state index contributed by atoms with van der Waals surface area (Å²) < 4.78 is 5.28. The van der Waals surface area contributed by atoms with E-state index in [1.54, 1.807) is 0 Å². The van der Waals surface area contributed by atoms with Crippen LogP contribution in [0.15, 0.2) is 34.9 Å². The number of H-pyrrole nitrogens is 1. The third-order valence-corrected chi connectivity index (χ3v) is 3.17. The van der Waals surface area contributed by atoms with E-state index in [0.717, 1.165) is 11.3 Å². The first-order valence-electron chi connectivity index (χ1n) is 6.60. The average Bonchev–Trinajstić information content (AvgIpc) is 3.08. The van der Waals surface area contributed by atoms with Crippen molar-refractivity contribution >= 4 is 0 Å². The number of aromatic nitrogens is 4. The van der Waals surface area contributed by atoms with Crippen LogP contribution in [0.25, 0.3) is 23.0 Å². The first kappa shape index (κ1) is 12.6. The molecule has 0 fully saturated rings. The molecule has 5 nitrogen and oxygen atoms in total. The van der Waals surface area contributed by atoms with Gasteiger partial charge in [0.1, 0.15) is 0 Å². The summed E-state index contributed by atoms with van der Waals surface area (Å²) in [6.45, 7) is 6.24. The molecular formula is C15H16N4O. The third-order valence-electron chi connectivity index (χ3n) is 3.17. The maximum absolute atomic E-state index is 5.28. The van der Waals surface area contributed by atoms with E-state index in [4.69, 9.17) is 4.52 Å². The summed E-state index contributed by atoms with van der Waals surface area (Å²) in [6, 6.07) is 9.95. The maximum atomic E-state index is 5.28. The van der Waals surface area contributed by atoms with Gasteiger partial charge in [0, 0.05) is 11.3 Å². The lowest BCUT2D eigenvalue weighted by Crippen LogP contribution is -1.85. The Bertz CT molecular complexity index is 710. The average molecular weight is 268 g/mol. The number of hydrogen-bond donors (Lipinski definition) is 1. The van der Waals surface area contributed by atoms with Gasteiger partial charge in [-0.05, 0) is 18.9 Å². The number of rotatable bonds is 3. The minimum atomic E-state index is 0.385. The van der Waals surface area contributed by atoms with Crippen LogP contribution in [0.3, 0.4) is 0 Å². The second kappa shape index (κ2) is 4.92. The fourth-order valence-corrected chi connectivity index (χ4v) is 1.89. The Kier molecular flexibility index (Phi) is 3.10. The van der Waals surface area contributed by atoms with E-state index in [1.807, 2.05) is 37.3 Å². The molecule has 0 amide bonds. The summed E-state index contributed by atoms with van der Waals surface area (Å²) in [5.74, 6) is 1.40. The highest BCUT2D eigenvalue weighted by atomic mass is 16.5. The smallest absolute Gasteiger partial charge is 0.278 e. The predicted molar refractivity (Wildman–Crippen MR) is 76.1 cm³/mol. The van der Waals surface area contributed by atoms with Crippen LogP contribution in [0.4, 0.5) is 0 Å². The van der Waals surface area contributed by atoms with Gasteiger partial charge in [-0.25, -0.2) is 0 Å². The van der Waals surface area contributed by atoms with Gasteiger partial charge in [0.05, 0.1) is 0 Å². The van der Waals surface area contributed by atoms with Crippen molar-refractivity contribution in [2.75, 3.05) is 0 Å². The zero-order chi connectivity index (χ0) is 14.1. The fourth-order valence-electron chi connectivity index (χ4n) is 1.89. The molecule has 102 valence electrons. The van der Waals surface area contributed by atoms with Crippen LogP contribution in [0.5, 0.6) is 0 Å². The van der Waals surface area contributed by atoms with E-state index < -0.39 is 0 Å². The van der Waals surface area contributed by atoms with Gasteiger partial charge in [0.2, 0.25) is 5.82 Å². The molecule has 0 unspecified atom stereocenters. The van der Waals surface area contributed by atoms with Crippen molar-refractivity contribution < 1.29 is 4.52 Å². The molecule has 20 heavy (non-hydrogen) atoms. The van der Waals surface area contributed by atoms with Gasteiger partial charge in [-0.2, -0.15) is 10.1 Å². The predicted octanol–water partition coefficient (Wildman–Crippen LogP) is 3.56.